The predicted octanol–water partition coefficient (Wildman–Crippen LogP) is 2.11. The first kappa shape index (κ1) is 11.7. The van der Waals surface area contributed by atoms with Crippen molar-refractivity contribution in [1.29, 1.82) is 0 Å². The molecule has 0 fully saturated rings. The number of hydrogen-bond donors (Lipinski definition) is 1. The standard InChI is InChI=1S/C10H13NO3S/c1-11(15-3)8-4-7(10(12)13)5-9(6-8)14-2/h4-6H,1-3H3,(H,12,13). The second-order valence-electron chi connectivity index (χ2n) is 2.90. The molecule has 82 valence electrons. The molecular formula is C10H13NO3S. The van der Waals surface area contributed by atoms with Crippen LogP contribution in [0, 0.1) is 0 Å². The molecule has 5 heteroatoms. The lowest BCUT2D eigenvalue weighted by Gasteiger charge is -2.16. The molecule has 0 aliphatic heterocycles. The van der Waals surface area contributed by atoms with Crippen LogP contribution >= 0.6 is 11.9 Å². The van der Waals surface area contributed by atoms with Gasteiger partial charge in [-0.2, -0.15) is 0 Å². The molecule has 0 aliphatic carbocycles. The van der Waals surface area contributed by atoms with Gasteiger partial charge in [0.15, 0.2) is 0 Å². The Hall–Kier alpha value is -1.36. The van der Waals surface area contributed by atoms with Crippen molar-refractivity contribution >= 4 is 23.6 Å². The highest BCUT2D eigenvalue weighted by molar-refractivity contribution is 7.99. The Balaban J connectivity index is 3.16. The van der Waals surface area contributed by atoms with Crippen molar-refractivity contribution < 1.29 is 14.6 Å². The van der Waals surface area contributed by atoms with Crippen LogP contribution in [0.4, 0.5) is 5.69 Å². The van der Waals surface area contributed by atoms with Gasteiger partial charge in [-0.25, -0.2) is 4.79 Å². The number of hydrogen-bond acceptors (Lipinski definition) is 4. The zero-order valence-corrected chi connectivity index (χ0v) is 9.67. The third-order valence-electron chi connectivity index (χ3n) is 2.01. The lowest BCUT2D eigenvalue weighted by Crippen LogP contribution is -2.07. The van der Waals surface area contributed by atoms with E-state index in [1.54, 1.807) is 12.1 Å². The summed E-state index contributed by atoms with van der Waals surface area (Å²) < 4.78 is 6.91. The fraction of sp³-hybridized carbons (Fsp3) is 0.300. The second-order valence-corrected chi connectivity index (χ2v) is 3.82. The van der Waals surface area contributed by atoms with Crippen molar-refractivity contribution in [3.05, 3.63) is 23.8 Å². The molecule has 4 nitrogen and oxygen atoms in total. The number of methoxy groups -OCH3 is 1. The Morgan fingerprint density at radius 1 is 1.47 bits per heavy atom. The Kier molecular flexibility index (Phi) is 3.85. The number of carbonyl (C=O) groups is 1. The highest BCUT2D eigenvalue weighted by atomic mass is 32.2. The van der Waals surface area contributed by atoms with Crippen molar-refractivity contribution in [3.8, 4) is 5.75 Å². The topological polar surface area (TPSA) is 49.8 Å². The van der Waals surface area contributed by atoms with Crippen LogP contribution < -0.4 is 9.04 Å². The summed E-state index contributed by atoms with van der Waals surface area (Å²) in [4.78, 5) is 10.9. The Bertz CT molecular complexity index is 368. The Morgan fingerprint density at radius 2 is 2.13 bits per heavy atom. The van der Waals surface area contributed by atoms with E-state index in [4.69, 9.17) is 9.84 Å². The summed E-state index contributed by atoms with van der Waals surface area (Å²) >= 11 is 1.50. The van der Waals surface area contributed by atoms with E-state index in [1.807, 2.05) is 17.6 Å². The summed E-state index contributed by atoms with van der Waals surface area (Å²) in [5.74, 6) is -0.407. The number of benzene rings is 1. The zero-order chi connectivity index (χ0) is 11.4. The first-order valence-electron chi connectivity index (χ1n) is 4.28. The lowest BCUT2D eigenvalue weighted by atomic mass is 10.2. The van der Waals surface area contributed by atoms with Crippen molar-refractivity contribution in [2.45, 2.75) is 0 Å². The van der Waals surface area contributed by atoms with Gasteiger partial charge in [-0.05, 0) is 12.1 Å². The Labute approximate surface area is 93.0 Å². The third kappa shape index (κ3) is 2.79. The second kappa shape index (κ2) is 4.93. The number of rotatable bonds is 4. The highest BCUT2D eigenvalue weighted by Crippen LogP contribution is 2.26. The summed E-state index contributed by atoms with van der Waals surface area (Å²) in [6.45, 7) is 0. The van der Waals surface area contributed by atoms with Gasteiger partial charge in [-0.1, -0.05) is 11.9 Å². The number of carboxylic acid groups (broad SMARTS) is 1. The number of ether oxygens (including phenoxy) is 1. The molecule has 0 heterocycles. The summed E-state index contributed by atoms with van der Waals surface area (Å²) in [6.07, 6.45) is 1.92. The van der Waals surface area contributed by atoms with Gasteiger partial charge in [0.2, 0.25) is 0 Å². The van der Waals surface area contributed by atoms with Crippen LogP contribution in [-0.2, 0) is 0 Å². The van der Waals surface area contributed by atoms with Gasteiger partial charge in [0.05, 0.1) is 18.4 Å². The largest absolute Gasteiger partial charge is 0.497 e. The first-order valence-corrected chi connectivity index (χ1v) is 5.47. The van der Waals surface area contributed by atoms with E-state index in [0.29, 0.717) is 5.75 Å². The van der Waals surface area contributed by atoms with Crippen LogP contribution in [0.2, 0.25) is 0 Å². The maximum absolute atomic E-state index is 10.9. The molecule has 0 atom stereocenters. The molecule has 0 bridgehead atoms. The molecule has 1 rings (SSSR count). The molecule has 1 N–H and O–H groups in total. The molecule has 0 amide bonds. The van der Waals surface area contributed by atoms with E-state index >= 15 is 0 Å². The quantitative estimate of drug-likeness (QED) is 0.798. The van der Waals surface area contributed by atoms with Crippen LogP contribution in [0.1, 0.15) is 10.4 Å². The zero-order valence-electron chi connectivity index (χ0n) is 8.85. The minimum absolute atomic E-state index is 0.227. The van der Waals surface area contributed by atoms with Crippen LogP contribution in [0.25, 0.3) is 0 Å². The summed E-state index contributed by atoms with van der Waals surface area (Å²) in [6, 6.07) is 4.91. The number of carboxylic acids is 1. The molecular weight excluding hydrogens is 214 g/mol. The molecule has 0 spiro atoms. The van der Waals surface area contributed by atoms with Crippen LogP contribution in [-0.4, -0.2) is 31.5 Å². The third-order valence-corrected chi connectivity index (χ3v) is 2.77. The lowest BCUT2D eigenvalue weighted by molar-refractivity contribution is 0.0696. The molecule has 0 aromatic heterocycles. The predicted molar refractivity (Wildman–Crippen MR) is 61.9 cm³/mol. The smallest absolute Gasteiger partial charge is 0.335 e. The number of aromatic carboxylic acids is 1. The van der Waals surface area contributed by atoms with Crippen LogP contribution in [0.3, 0.4) is 0 Å². The summed E-state index contributed by atoms with van der Waals surface area (Å²) in [5.41, 5.74) is 1.03. The normalized spacial score (nSPS) is 9.80. The van der Waals surface area contributed by atoms with E-state index < -0.39 is 5.97 Å². The maximum Gasteiger partial charge on any atom is 0.335 e. The first-order chi connectivity index (χ1) is 7.08. The monoisotopic (exact) mass is 227 g/mol. The average Bonchev–Trinajstić information content (AvgIpc) is 2.27. The molecule has 0 saturated carbocycles. The minimum atomic E-state index is -0.954. The van der Waals surface area contributed by atoms with E-state index in [0.717, 1.165) is 5.69 Å². The van der Waals surface area contributed by atoms with Crippen molar-refractivity contribution in [1.82, 2.24) is 0 Å². The van der Waals surface area contributed by atoms with Gasteiger partial charge in [0.25, 0.3) is 0 Å². The molecule has 1 aromatic rings. The SMILES string of the molecule is COc1cc(C(=O)O)cc(N(C)SC)c1. The van der Waals surface area contributed by atoms with Crippen LogP contribution in [0.5, 0.6) is 5.75 Å². The molecule has 0 radical (unpaired) electrons. The Morgan fingerprint density at radius 3 is 2.60 bits per heavy atom. The summed E-state index contributed by atoms with van der Waals surface area (Å²) in [7, 11) is 3.38. The molecule has 1 aromatic carbocycles. The van der Waals surface area contributed by atoms with Crippen molar-refractivity contribution in [2.75, 3.05) is 24.7 Å². The molecule has 0 saturated heterocycles. The fourth-order valence-electron chi connectivity index (χ4n) is 1.11. The van der Waals surface area contributed by atoms with Crippen LogP contribution in [0.15, 0.2) is 18.2 Å². The molecule has 0 aliphatic rings. The van der Waals surface area contributed by atoms with Crippen molar-refractivity contribution in [3.63, 3.8) is 0 Å². The summed E-state index contributed by atoms with van der Waals surface area (Å²) in [5, 5.41) is 8.90. The van der Waals surface area contributed by atoms with Gasteiger partial charge in [0.1, 0.15) is 5.75 Å². The number of nitrogens with zero attached hydrogens (tertiary/aromatic N) is 1. The molecule has 0 unspecified atom stereocenters. The van der Waals surface area contributed by atoms with Gasteiger partial charge in [-0.15, -0.1) is 0 Å². The van der Waals surface area contributed by atoms with Gasteiger partial charge >= 0.3 is 5.97 Å². The van der Waals surface area contributed by atoms with Gasteiger partial charge < -0.3 is 14.1 Å². The number of anilines is 1. The van der Waals surface area contributed by atoms with Gasteiger partial charge in [-0.3, -0.25) is 0 Å². The fourth-order valence-corrected chi connectivity index (χ4v) is 1.43. The van der Waals surface area contributed by atoms with E-state index in [1.165, 1.54) is 25.1 Å². The molecule has 15 heavy (non-hydrogen) atoms. The average molecular weight is 227 g/mol. The van der Waals surface area contributed by atoms with Crippen molar-refractivity contribution in [2.24, 2.45) is 0 Å². The highest BCUT2D eigenvalue weighted by Gasteiger charge is 2.09. The maximum atomic E-state index is 10.9. The van der Waals surface area contributed by atoms with E-state index in [-0.39, 0.29) is 5.56 Å². The van der Waals surface area contributed by atoms with E-state index in [9.17, 15) is 4.79 Å². The van der Waals surface area contributed by atoms with Gasteiger partial charge in [0, 0.05) is 19.4 Å². The minimum Gasteiger partial charge on any atom is -0.497 e. The van der Waals surface area contributed by atoms with E-state index in [2.05, 4.69) is 0 Å².